The quantitative estimate of drug-likeness (QED) is 0.661. The molecule has 0 amide bonds. The van der Waals surface area contributed by atoms with Crippen LogP contribution in [0.25, 0.3) is 0 Å². The van der Waals surface area contributed by atoms with E-state index in [0.717, 1.165) is 24.5 Å². The van der Waals surface area contributed by atoms with E-state index in [0.29, 0.717) is 5.92 Å². The molecule has 1 spiro atoms. The molecule has 2 unspecified atom stereocenters. The number of nitrogens with one attached hydrogen (secondary N) is 1. The summed E-state index contributed by atoms with van der Waals surface area (Å²) in [5.41, 5.74) is 4.36. The van der Waals surface area contributed by atoms with E-state index in [2.05, 4.69) is 17.6 Å². The Hall–Kier alpha value is -0.610. The Balaban J connectivity index is 1.76. The van der Waals surface area contributed by atoms with Gasteiger partial charge in [0.05, 0.1) is 5.60 Å². The smallest absolute Gasteiger partial charge is 0.0686 e. The van der Waals surface area contributed by atoms with Crippen molar-refractivity contribution >= 4 is 11.6 Å². The van der Waals surface area contributed by atoms with E-state index in [1.54, 1.807) is 0 Å². The monoisotopic (exact) mass is 294 g/mol. The molecule has 1 aliphatic carbocycles. The molecule has 4 heteroatoms. The zero-order valence-electron chi connectivity index (χ0n) is 11.8. The number of hydrogen-bond acceptors (Lipinski definition) is 3. The van der Waals surface area contributed by atoms with Crippen molar-refractivity contribution in [2.45, 2.75) is 50.2 Å². The first kappa shape index (κ1) is 14.3. The van der Waals surface area contributed by atoms with Gasteiger partial charge in [0.25, 0.3) is 0 Å². The van der Waals surface area contributed by atoms with Crippen molar-refractivity contribution in [2.75, 3.05) is 6.61 Å². The molecule has 3 nitrogen and oxygen atoms in total. The number of ether oxygens (including phenoxy) is 1. The van der Waals surface area contributed by atoms with Crippen LogP contribution in [0.15, 0.2) is 24.3 Å². The Bertz CT molecular complexity index is 442. The first-order valence-corrected chi connectivity index (χ1v) is 7.96. The second-order valence-corrected chi connectivity index (χ2v) is 6.62. The Morgan fingerprint density at radius 1 is 1.25 bits per heavy atom. The lowest BCUT2D eigenvalue weighted by Crippen LogP contribution is -2.43. The molecule has 1 saturated carbocycles. The molecule has 1 aromatic rings. The van der Waals surface area contributed by atoms with E-state index in [1.165, 1.54) is 31.2 Å². The summed E-state index contributed by atoms with van der Waals surface area (Å²) in [4.78, 5) is 0. The van der Waals surface area contributed by atoms with Crippen LogP contribution in [0.5, 0.6) is 0 Å². The largest absolute Gasteiger partial charge is 0.375 e. The van der Waals surface area contributed by atoms with Crippen molar-refractivity contribution in [2.24, 2.45) is 11.8 Å². The highest BCUT2D eigenvalue weighted by molar-refractivity contribution is 6.30. The minimum Gasteiger partial charge on any atom is -0.375 e. The minimum absolute atomic E-state index is 0.129. The van der Waals surface area contributed by atoms with E-state index in [1.807, 2.05) is 12.1 Å². The second kappa shape index (κ2) is 6.02. The van der Waals surface area contributed by atoms with Gasteiger partial charge in [0.15, 0.2) is 0 Å². The fourth-order valence-electron chi connectivity index (χ4n) is 3.89. The van der Waals surface area contributed by atoms with E-state index in [4.69, 9.17) is 22.2 Å². The number of halogens is 1. The van der Waals surface area contributed by atoms with Gasteiger partial charge in [0.1, 0.15) is 0 Å². The third kappa shape index (κ3) is 2.86. The van der Waals surface area contributed by atoms with Gasteiger partial charge in [0.2, 0.25) is 0 Å². The van der Waals surface area contributed by atoms with Gasteiger partial charge in [0, 0.05) is 17.7 Å². The maximum atomic E-state index is 6.12. The highest BCUT2D eigenvalue weighted by Gasteiger charge is 2.42. The van der Waals surface area contributed by atoms with Gasteiger partial charge < -0.3 is 4.74 Å². The molecule has 1 saturated heterocycles. The molecule has 1 aliphatic heterocycles. The maximum absolute atomic E-state index is 6.12. The number of rotatable bonds is 3. The van der Waals surface area contributed by atoms with Crippen molar-refractivity contribution in [3.05, 3.63) is 34.9 Å². The van der Waals surface area contributed by atoms with Crippen LogP contribution in [0.3, 0.4) is 0 Å². The molecule has 3 rings (SSSR count). The first-order chi connectivity index (χ1) is 9.72. The van der Waals surface area contributed by atoms with Crippen molar-refractivity contribution in [3.8, 4) is 0 Å². The average Bonchev–Trinajstić information content (AvgIpc) is 2.90. The SMILES string of the molecule is NNC(c1ccc(Cl)cc1)C1CCOC2(CCCC2)C1. The molecule has 3 N–H and O–H groups in total. The predicted octanol–water partition coefficient (Wildman–Crippen LogP) is 3.58. The molecule has 2 atom stereocenters. The molecule has 2 aliphatic rings. The van der Waals surface area contributed by atoms with Gasteiger partial charge >= 0.3 is 0 Å². The molecule has 0 aromatic heterocycles. The Labute approximate surface area is 125 Å². The molecule has 110 valence electrons. The van der Waals surface area contributed by atoms with Gasteiger partial charge in [-0.1, -0.05) is 36.6 Å². The van der Waals surface area contributed by atoms with E-state index in [-0.39, 0.29) is 11.6 Å². The van der Waals surface area contributed by atoms with E-state index in [9.17, 15) is 0 Å². The number of hydrogen-bond donors (Lipinski definition) is 2. The minimum atomic E-state index is 0.129. The second-order valence-electron chi connectivity index (χ2n) is 6.19. The van der Waals surface area contributed by atoms with Crippen LogP contribution in [-0.4, -0.2) is 12.2 Å². The van der Waals surface area contributed by atoms with Gasteiger partial charge in [-0.15, -0.1) is 0 Å². The van der Waals surface area contributed by atoms with Crippen LogP contribution in [0.1, 0.15) is 50.1 Å². The molecule has 1 aromatic carbocycles. The highest BCUT2D eigenvalue weighted by Crippen LogP contribution is 2.45. The summed E-state index contributed by atoms with van der Waals surface area (Å²) in [7, 11) is 0. The van der Waals surface area contributed by atoms with Crippen molar-refractivity contribution in [3.63, 3.8) is 0 Å². The summed E-state index contributed by atoms with van der Waals surface area (Å²) in [5, 5.41) is 0.767. The van der Waals surface area contributed by atoms with Gasteiger partial charge in [-0.05, 0) is 49.3 Å². The highest BCUT2D eigenvalue weighted by atomic mass is 35.5. The Kier molecular flexibility index (Phi) is 4.32. The zero-order chi connectivity index (χ0) is 14.0. The number of nitrogens with two attached hydrogens (primary N) is 1. The first-order valence-electron chi connectivity index (χ1n) is 7.58. The summed E-state index contributed by atoms with van der Waals surface area (Å²) in [5.74, 6) is 6.37. The average molecular weight is 295 g/mol. The summed E-state index contributed by atoms with van der Waals surface area (Å²) in [6, 6.07) is 8.21. The summed E-state index contributed by atoms with van der Waals surface area (Å²) >= 11 is 5.97. The predicted molar refractivity (Wildman–Crippen MR) is 81.4 cm³/mol. The van der Waals surface area contributed by atoms with Gasteiger partial charge in [-0.2, -0.15) is 0 Å². The zero-order valence-corrected chi connectivity index (χ0v) is 12.5. The third-order valence-corrected chi connectivity index (χ3v) is 5.18. The van der Waals surface area contributed by atoms with Gasteiger partial charge in [-0.3, -0.25) is 11.3 Å². The number of hydrazine groups is 1. The lowest BCUT2D eigenvalue weighted by molar-refractivity contribution is -0.0982. The standard InChI is InChI=1S/C16H23ClN2O/c17-14-5-3-12(4-6-14)15(19-18)13-7-10-20-16(11-13)8-1-2-9-16/h3-6,13,15,19H,1-2,7-11,18H2. The van der Waals surface area contributed by atoms with Crippen molar-refractivity contribution < 1.29 is 4.74 Å². The van der Waals surface area contributed by atoms with Crippen molar-refractivity contribution in [1.82, 2.24) is 5.43 Å². The molecular formula is C16H23ClN2O. The molecule has 0 radical (unpaired) electrons. The van der Waals surface area contributed by atoms with Crippen LogP contribution in [-0.2, 0) is 4.74 Å². The van der Waals surface area contributed by atoms with Crippen molar-refractivity contribution in [1.29, 1.82) is 0 Å². The lowest BCUT2D eigenvalue weighted by Gasteiger charge is -2.41. The normalized spacial score (nSPS) is 26.8. The van der Waals surface area contributed by atoms with Crippen LogP contribution in [0.2, 0.25) is 5.02 Å². The fraction of sp³-hybridized carbons (Fsp3) is 0.625. The summed E-state index contributed by atoms with van der Waals surface area (Å²) < 4.78 is 6.12. The Morgan fingerprint density at radius 3 is 2.60 bits per heavy atom. The lowest BCUT2D eigenvalue weighted by atomic mass is 9.79. The topological polar surface area (TPSA) is 47.3 Å². The molecule has 1 heterocycles. The van der Waals surface area contributed by atoms with E-state index >= 15 is 0 Å². The van der Waals surface area contributed by atoms with Crippen LogP contribution in [0.4, 0.5) is 0 Å². The van der Waals surface area contributed by atoms with E-state index < -0.39 is 0 Å². The maximum Gasteiger partial charge on any atom is 0.0686 e. The summed E-state index contributed by atoms with van der Waals surface area (Å²) in [6.45, 7) is 0.858. The fourth-order valence-corrected chi connectivity index (χ4v) is 4.02. The van der Waals surface area contributed by atoms with Crippen LogP contribution < -0.4 is 11.3 Å². The molecule has 20 heavy (non-hydrogen) atoms. The molecular weight excluding hydrogens is 272 g/mol. The van der Waals surface area contributed by atoms with Crippen LogP contribution in [0, 0.1) is 5.92 Å². The van der Waals surface area contributed by atoms with Crippen LogP contribution >= 0.6 is 11.6 Å². The third-order valence-electron chi connectivity index (χ3n) is 4.93. The molecule has 2 fully saturated rings. The van der Waals surface area contributed by atoms with Gasteiger partial charge in [-0.25, -0.2) is 0 Å². The summed E-state index contributed by atoms with van der Waals surface area (Å²) in [6.07, 6.45) is 7.20. The molecule has 0 bridgehead atoms. The number of benzene rings is 1. The Morgan fingerprint density at radius 2 is 1.95 bits per heavy atom.